The fourth-order valence-corrected chi connectivity index (χ4v) is 2.16. The van der Waals surface area contributed by atoms with Crippen LogP contribution >= 0.6 is 0 Å². The van der Waals surface area contributed by atoms with Crippen molar-refractivity contribution in [1.29, 1.82) is 0 Å². The van der Waals surface area contributed by atoms with Gasteiger partial charge >= 0.3 is 0 Å². The van der Waals surface area contributed by atoms with E-state index in [0.29, 0.717) is 22.2 Å². The second-order valence-electron chi connectivity index (χ2n) is 4.31. The van der Waals surface area contributed by atoms with Gasteiger partial charge in [-0.3, -0.25) is 9.78 Å². The maximum Gasteiger partial charge on any atom is 0.260 e. The first-order valence-corrected chi connectivity index (χ1v) is 5.88. The topological polar surface area (TPSA) is 34.9 Å². The molecule has 0 saturated heterocycles. The largest absolute Gasteiger partial charge is 0.311 e. The minimum atomic E-state index is -0.354. The Morgan fingerprint density at radius 3 is 2.74 bits per heavy atom. The van der Waals surface area contributed by atoms with Crippen molar-refractivity contribution >= 4 is 10.9 Å². The van der Waals surface area contributed by atoms with Gasteiger partial charge in [-0.1, -0.05) is 12.1 Å². The van der Waals surface area contributed by atoms with E-state index in [1.54, 1.807) is 49.6 Å². The Labute approximate surface area is 109 Å². The quantitative estimate of drug-likeness (QED) is 0.669. The summed E-state index contributed by atoms with van der Waals surface area (Å²) in [6, 6.07) is 11.6. The van der Waals surface area contributed by atoms with Gasteiger partial charge < -0.3 is 4.57 Å². The molecule has 0 N–H and O–H groups in total. The van der Waals surface area contributed by atoms with Gasteiger partial charge in [0.1, 0.15) is 5.82 Å². The number of hydrogen-bond donors (Lipinski definition) is 0. The molecular weight excluding hydrogens is 243 g/mol. The standard InChI is InChI=1S/C15H11FN2O/c1-18-14(10-5-2-3-7-12(10)16)9-13-11(15(18)19)6-4-8-17-13/h2-9H,1H3. The maximum absolute atomic E-state index is 13.9. The smallest absolute Gasteiger partial charge is 0.260 e. The molecule has 1 aromatic carbocycles. The van der Waals surface area contributed by atoms with Gasteiger partial charge in [0.05, 0.1) is 16.6 Å². The highest BCUT2D eigenvalue weighted by molar-refractivity contribution is 5.81. The lowest BCUT2D eigenvalue weighted by Gasteiger charge is -2.10. The summed E-state index contributed by atoms with van der Waals surface area (Å²) in [5, 5.41) is 0.532. The van der Waals surface area contributed by atoms with Gasteiger partial charge in [-0.15, -0.1) is 0 Å². The molecule has 0 atom stereocenters. The Kier molecular flexibility index (Phi) is 2.63. The highest BCUT2D eigenvalue weighted by Gasteiger charge is 2.11. The first-order valence-electron chi connectivity index (χ1n) is 5.88. The summed E-state index contributed by atoms with van der Waals surface area (Å²) < 4.78 is 15.3. The third-order valence-electron chi connectivity index (χ3n) is 3.16. The van der Waals surface area contributed by atoms with Crippen molar-refractivity contribution in [3.8, 4) is 11.3 Å². The Balaban J connectivity index is 2.40. The van der Waals surface area contributed by atoms with Crippen LogP contribution < -0.4 is 5.56 Å². The lowest BCUT2D eigenvalue weighted by molar-refractivity contribution is 0.629. The molecule has 94 valence electrons. The van der Waals surface area contributed by atoms with Crippen LogP contribution in [-0.2, 0) is 7.05 Å². The van der Waals surface area contributed by atoms with E-state index in [1.165, 1.54) is 10.6 Å². The summed E-state index contributed by atoms with van der Waals surface area (Å²) in [5.41, 5.74) is 1.32. The summed E-state index contributed by atoms with van der Waals surface area (Å²) in [6.07, 6.45) is 1.62. The van der Waals surface area contributed by atoms with Crippen molar-refractivity contribution in [3.05, 3.63) is 64.8 Å². The van der Waals surface area contributed by atoms with Crippen molar-refractivity contribution in [2.45, 2.75) is 0 Å². The normalized spacial score (nSPS) is 10.8. The van der Waals surface area contributed by atoms with Gasteiger partial charge in [0, 0.05) is 18.8 Å². The van der Waals surface area contributed by atoms with Crippen LogP contribution in [0.2, 0.25) is 0 Å². The number of aromatic nitrogens is 2. The van der Waals surface area contributed by atoms with Crippen LogP contribution in [0.5, 0.6) is 0 Å². The first kappa shape index (κ1) is 11.6. The summed E-state index contributed by atoms with van der Waals surface area (Å²) in [6.45, 7) is 0. The van der Waals surface area contributed by atoms with Gasteiger partial charge in [-0.25, -0.2) is 4.39 Å². The third kappa shape index (κ3) is 1.81. The molecule has 0 radical (unpaired) electrons. The predicted molar refractivity (Wildman–Crippen MR) is 72.4 cm³/mol. The van der Waals surface area contributed by atoms with E-state index in [2.05, 4.69) is 4.98 Å². The van der Waals surface area contributed by atoms with Crippen molar-refractivity contribution in [2.75, 3.05) is 0 Å². The molecule has 0 amide bonds. The van der Waals surface area contributed by atoms with Crippen LogP contribution in [0.15, 0.2) is 53.5 Å². The molecule has 3 aromatic rings. The van der Waals surface area contributed by atoms with E-state index in [0.717, 1.165) is 0 Å². The van der Waals surface area contributed by atoms with E-state index in [4.69, 9.17) is 0 Å². The minimum Gasteiger partial charge on any atom is -0.311 e. The van der Waals surface area contributed by atoms with Crippen molar-refractivity contribution < 1.29 is 4.39 Å². The molecule has 2 heterocycles. The van der Waals surface area contributed by atoms with Gasteiger partial charge in [-0.05, 0) is 30.3 Å². The second kappa shape index (κ2) is 4.31. The highest BCUT2D eigenvalue weighted by Crippen LogP contribution is 2.23. The fraction of sp³-hybridized carbons (Fsp3) is 0.0667. The minimum absolute atomic E-state index is 0.177. The Morgan fingerprint density at radius 1 is 1.16 bits per heavy atom. The lowest BCUT2D eigenvalue weighted by Crippen LogP contribution is -2.19. The third-order valence-corrected chi connectivity index (χ3v) is 3.16. The zero-order valence-electron chi connectivity index (χ0n) is 10.3. The number of halogens is 1. The molecule has 0 aliphatic heterocycles. The summed E-state index contributed by atoms with van der Waals surface area (Å²) in [7, 11) is 1.64. The van der Waals surface area contributed by atoms with Crippen molar-refractivity contribution in [3.63, 3.8) is 0 Å². The molecule has 0 aliphatic rings. The molecule has 0 unspecified atom stereocenters. The molecule has 0 bridgehead atoms. The van der Waals surface area contributed by atoms with E-state index in [9.17, 15) is 9.18 Å². The predicted octanol–water partition coefficient (Wildman–Crippen LogP) is 2.74. The highest BCUT2D eigenvalue weighted by atomic mass is 19.1. The number of hydrogen-bond acceptors (Lipinski definition) is 2. The van der Waals surface area contributed by atoms with Crippen LogP contribution in [-0.4, -0.2) is 9.55 Å². The fourth-order valence-electron chi connectivity index (χ4n) is 2.16. The molecule has 0 fully saturated rings. The molecule has 0 spiro atoms. The van der Waals surface area contributed by atoms with Crippen molar-refractivity contribution in [2.24, 2.45) is 7.05 Å². The average molecular weight is 254 g/mol. The zero-order valence-corrected chi connectivity index (χ0v) is 10.3. The van der Waals surface area contributed by atoms with Crippen LogP contribution in [0.1, 0.15) is 0 Å². The maximum atomic E-state index is 13.9. The number of benzene rings is 1. The second-order valence-corrected chi connectivity index (χ2v) is 4.31. The van der Waals surface area contributed by atoms with Gasteiger partial charge in [-0.2, -0.15) is 0 Å². The Hall–Kier alpha value is -2.49. The first-order chi connectivity index (χ1) is 9.18. The Morgan fingerprint density at radius 2 is 1.95 bits per heavy atom. The van der Waals surface area contributed by atoms with Crippen LogP contribution in [0.4, 0.5) is 4.39 Å². The van der Waals surface area contributed by atoms with Gasteiger partial charge in [0.25, 0.3) is 5.56 Å². The van der Waals surface area contributed by atoms with E-state index in [-0.39, 0.29) is 11.4 Å². The number of rotatable bonds is 1. The average Bonchev–Trinajstić information content (AvgIpc) is 2.44. The molecule has 0 aliphatic carbocycles. The molecule has 0 saturated carbocycles. The monoisotopic (exact) mass is 254 g/mol. The SMILES string of the molecule is Cn1c(-c2ccccc2F)cc2ncccc2c1=O. The molecule has 2 aromatic heterocycles. The summed E-state index contributed by atoms with van der Waals surface area (Å²) >= 11 is 0. The van der Waals surface area contributed by atoms with E-state index >= 15 is 0 Å². The van der Waals surface area contributed by atoms with Crippen LogP contribution in [0.3, 0.4) is 0 Å². The van der Waals surface area contributed by atoms with E-state index in [1.807, 2.05) is 0 Å². The molecule has 19 heavy (non-hydrogen) atoms. The molecule has 3 nitrogen and oxygen atoms in total. The van der Waals surface area contributed by atoms with Gasteiger partial charge in [0.2, 0.25) is 0 Å². The van der Waals surface area contributed by atoms with Crippen LogP contribution in [0, 0.1) is 5.82 Å². The lowest BCUT2D eigenvalue weighted by atomic mass is 10.1. The Bertz CT molecular complexity index is 824. The summed E-state index contributed by atoms with van der Waals surface area (Å²) in [5.74, 6) is -0.354. The molecule has 4 heteroatoms. The number of nitrogens with zero attached hydrogens (tertiary/aromatic N) is 2. The molecular formula is C15H11FN2O. The van der Waals surface area contributed by atoms with E-state index < -0.39 is 0 Å². The number of pyridine rings is 2. The molecule has 3 rings (SSSR count). The van der Waals surface area contributed by atoms with Crippen LogP contribution in [0.25, 0.3) is 22.2 Å². The zero-order chi connectivity index (χ0) is 13.4. The summed E-state index contributed by atoms with van der Waals surface area (Å²) in [4.78, 5) is 16.4. The number of fused-ring (bicyclic) bond motifs is 1. The van der Waals surface area contributed by atoms with Gasteiger partial charge in [0.15, 0.2) is 0 Å². The van der Waals surface area contributed by atoms with Crippen molar-refractivity contribution in [1.82, 2.24) is 9.55 Å².